The van der Waals surface area contributed by atoms with Gasteiger partial charge in [0.25, 0.3) is 0 Å². The van der Waals surface area contributed by atoms with Crippen LogP contribution < -0.4 is 10.2 Å². The van der Waals surface area contributed by atoms with Gasteiger partial charge >= 0.3 is 0 Å². The summed E-state index contributed by atoms with van der Waals surface area (Å²) >= 11 is 6.12. The molecule has 0 unspecified atom stereocenters. The van der Waals surface area contributed by atoms with Crippen LogP contribution in [0.5, 0.6) is 0 Å². The first kappa shape index (κ1) is 11.7. The fraction of sp³-hybridized carbons (Fsp3) is 0.333. The zero-order valence-electron chi connectivity index (χ0n) is 9.24. The summed E-state index contributed by atoms with van der Waals surface area (Å²) in [7, 11) is 0. The number of nitriles is 1. The van der Waals surface area contributed by atoms with Crippen LogP contribution in [0, 0.1) is 11.3 Å². The first-order valence-corrected chi connectivity index (χ1v) is 5.80. The van der Waals surface area contributed by atoms with Crippen LogP contribution in [0.3, 0.4) is 0 Å². The summed E-state index contributed by atoms with van der Waals surface area (Å²) in [4.78, 5) is 13.4. The first-order valence-electron chi connectivity index (χ1n) is 5.42. The number of benzene rings is 1. The quantitative estimate of drug-likeness (QED) is 0.821. The lowest BCUT2D eigenvalue weighted by molar-refractivity contribution is -0.119. The summed E-state index contributed by atoms with van der Waals surface area (Å²) < 4.78 is 0. The summed E-state index contributed by atoms with van der Waals surface area (Å²) in [5.74, 6) is 0.00271. The van der Waals surface area contributed by atoms with Crippen LogP contribution in [-0.4, -0.2) is 25.5 Å². The van der Waals surface area contributed by atoms with E-state index in [0.717, 1.165) is 18.7 Å². The first-order chi connectivity index (χ1) is 8.20. The number of nitrogens with zero attached hydrogens (tertiary/aromatic N) is 2. The van der Waals surface area contributed by atoms with Gasteiger partial charge < -0.3 is 10.2 Å². The molecule has 4 nitrogen and oxygen atoms in total. The van der Waals surface area contributed by atoms with Crippen LogP contribution in [-0.2, 0) is 4.79 Å². The highest BCUT2D eigenvalue weighted by Crippen LogP contribution is 2.27. The predicted molar refractivity (Wildman–Crippen MR) is 66.0 cm³/mol. The molecule has 1 aromatic carbocycles. The number of hydrogen-bond acceptors (Lipinski definition) is 3. The highest BCUT2D eigenvalue weighted by molar-refractivity contribution is 6.33. The Hall–Kier alpha value is -1.73. The van der Waals surface area contributed by atoms with Gasteiger partial charge in [0.1, 0.15) is 0 Å². The predicted octanol–water partition coefficient (Wildman–Crippen LogP) is 1.54. The molecule has 17 heavy (non-hydrogen) atoms. The monoisotopic (exact) mass is 249 g/mol. The van der Waals surface area contributed by atoms with Gasteiger partial charge in [-0.2, -0.15) is 5.26 Å². The molecule has 1 amide bonds. The van der Waals surface area contributed by atoms with Crippen molar-refractivity contribution in [1.29, 1.82) is 5.26 Å². The van der Waals surface area contributed by atoms with Crippen molar-refractivity contribution in [3.05, 3.63) is 28.8 Å². The van der Waals surface area contributed by atoms with E-state index in [0.29, 0.717) is 23.7 Å². The van der Waals surface area contributed by atoms with Crippen molar-refractivity contribution in [1.82, 2.24) is 5.32 Å². The number of hydrogen-bond donors (Lipinski definition) is 1. The third-order valence-corrected chi connectivity index (χ3v) is 2.98. The van der Waals surface area contributed by atoms with Gasteiger partial charge in [-0.15, -0.1) is 0 Å². The molecule has 1 aliphatic rings. The second-order valence-corrected chi connectivity index (χ2v) is 4.31. The van der Waals surface area contributed by atoms with E-state index in [9.17, 15) is 4.79 Å². The molecule has 0 bridgehead atoms. The van der Waals surface area contributed by atoms with Crippen LogP contribution in [0.25, 0.3) is 0 Å². The van der Waals surface area contributed by atoms with E-state index < -0.39 is 0 Å². The van der Waals surface area contributed by atoms with Crippen LogP contribution >= 0.6 is 11.6 Å². The Morgan fingerprint density at radius 1 is 1.47 bits per heavy atom. The maximum absolute atomic E-state index is 11.5. The smallest absolute Gasteiger partial charge is 0.239 e. The highest BCUT2D eigenvalue weighted by atomic mass is 35.5. The standard InChI is InChI=1S/C12H12ClN3O/c13-10-6-9(7-14)2-3-11(10)16-5-1-4-15-12(17)8-16/h2-3,6H,1,4-5,8H2,(H,15,17). The molecule has 0 saturated carbocycles. The number of amides is 1. The zero-order chi connectivity index (χ0) is 12.3. The Bertz CT molecular complexity index is 481. The lowest BCUT2D eigenvalue weighted by atomic mass is 10.2. The average molecular weight is 250 g/mol. The third-order valence-electron chi connectivity index (χ3n) is 2.68. The molecule has 0 spiro atoms. The lowest BCUT2D eigenvalue weighted by Crippen LogP contribution is -2.33. The highest BCUT2D eigenvalue weighted by Gasteiger charge is 2.17. The van der Waals surface area contributed by atoms with Crippen LogP contribution in [0.15, 0.2) is 18.2 Å². The summed E-state index contributed by atoms with van der Waals surface area (Å²) in [6.07, 6.45) is 0.891. The zero-order valence-corrected chi connectivity index (χ0v) is 10.00. The molecule has 1 N–H and O–H groups in total. The van der Waals surface area contributed by atoms with E-state index in [1.807, 2.05) is 11.0 Å². The van der Waals surface area contributed by atoms with Gasteiger partial charge in [-0.05, 0) is 24.6 Å². The third kappa shape index (κ3) is 2.69. The van der Waals surface area contributed by atoms with Gasteiger partial charge in [-0.1, -0.05) is 11.6 Å². The molecular formula is C12H12ClN3O. The summed E-state index contributed by atoms with van der Waals surface area (Å²) in [5.41, 5.74) is 1.33. The SMILES string of the molecule is N#Cc1ccc(N2CCCNC(=O)C2)c(Cl)c1. The van der Waals surface area contributed by atoms with E-state index in [-0.39, 0.29) is 5.91 Å². The van der Waals surface area contributed by atoms with Gasteiger partial charge in [0, 0.05) is 13.1 Å². The molecule has 1 aromatic rings. The minimum Gasteiger partial charge on any atom is -0.361 e. The Morgan fingerprint density at radius 3 is 3.00 bits per heavy atom. The van der Waals surface area contributed by atoms with E-state index in [2.05, 4.69) is 5.32 Å². The van der Waals surface area contributed by atoms with Gasteiger partial charge in [-0.3, -0.25) is 4.79 Å². The van der Waals surface area contributed by atoms with Crippen LogP contribution in [0.1, 0.15) is 12.0 Å². The molecule has 1 heterocycles. The largest absolute Gasteiger partial charge is 0.361 e. The van der Waals surface area contributed by atoms with E-state index in [1.165, 1.54) is 0 Å². The van der Waals surface area contributed by atoms with Gasteiger partial charge in [-0.25, -0.2) is 0 Å². The van der Waals surface area contributed by atoms with Crippen molar-refractivity contribution in [2.75, 3.05) is 24.5 Å². The molecule has 1 aliphatic heterocycles. The summed E-state index contributed by atoms with van der Waals surface area (Å²) in [6, 6.07) is 7.16. The number of halogens is 1. The Morgan fingerprint density at radius 2 is 2.29 bits per heavy atom. The topological polar surface area (TPSA) is 56.1 Å². The molecular weight excluding hydrogens is 238 g/mol. The maximum Gasteiger partial charge on any atom is 0.239 e. The van der Waals surface area contributed by atoms with Gasteiger partial charge in [0.15, 0.2) is 0 Å². The fourth-order valence-corrected chi connectivity index (χ4v) is 2.14. The Labute approximate surface area is 105 Å². The Kier molecular flexibility index (Phi) is 3.50. The average Bonchev–Trinajstić information content (AvgIpc) is 2.53. The molecule has 0 aromatic heterocycles. The number of carbonyl (C=O) groups is 1. The van der Waals surface area contributed by atoms with Crippen LogP contribution in [0.2, 0.25) is 5.02 Å². The van der Waals surface area contributed by atoms with E-state index in [1.54, 1.807) is 18.2 Å². The summed E-state index contributed by atoms with van der Waals surface area (Å²) in [6.45, 7) is 1.79. The normalized spacial score (nSPS) is 16.0. The van der Waals surface area contributed by atoms with Crippen molar-refractivity contribution in [3.63, 3.8) is 0 Å². The van der Waals surface area contributed by atoms with E-state index >= 15 is 0 Å². The second kappa shape index (κ2) is 5.07. The number of carbonyl (C=O) groups excluding carboxylic acids is 1. The van der Waals surface area contributed by atoms with E-state index in [4.69, 9.17) is 16.9 Å². The molecule has 88 valence electrons. The molecule has 0 radical (unpaired) electrons. The summed E-state index contributed by atoms with van der Waals surface area (Å²) in [5, 5.41) is 12.1. The minimum absolute atomic E-state index is 0.00271. The number of nitrogens with one attached hydrogen (secondary N) is 1. The van der Waals surface area contributed by atoms with Crippen LogP contribution in [0.4, 0.5) is 5.69 Å². The van der Waals surface area contributed by atoms with Crippen molar-refractivity contribution in [2.24, 2.45) is 0 Å². The van der Waals surface area contributed by atoms with Crippen molar-refractivity contribution in [3.8, 4) is 6.07 Å². The minimum atomic E-state index is 0.00271. The van der Waals surface area contributed by atoms with Gasteiger partial charge in [0.05, 0.1) is 28.9 Å². The molecule has 0 atom stereocenters. The molecule has 1 saturated heterocycles. The van der Waals surface area contributed by atoms with Crippen molar-refractivity contribution >= 4 is 23.2 Å². The second-order valence-electron chi connectivity index (χ2n) is 3.90. The molecule has 2 rings (SSSR count). The lowest BCUT2D eigenvalue weighted by Gasteiger charge is -2.22. The van der Waals surface area contributed by atoms with Gasteiger partial charge in [0.2, 0.25) is 5.91 Å². The van der Waals surface area contributed by atoms with Crippen molar-refractivity contribution in [2.45, 2.75) is 6.42 Å². The Balaban J connectivity index is 2.27. The molecule has 5 heteroatoms. The molecule has 0 aliphatic carbocycles. The van der Waals surface area contributed by atoms with Crippen molar-refractivity contribution < 1.29 is 4.79 Å². The number of rotatable bonds is 1. The maximum atomic E-state index is 11.5. The molecule has 1 fully saturated rings. The number of anilines is 1. The fourth-order valence-electron chi connectivity index (χ4n) is 1.84.